The highest BCUT2D eigenvalue weighted by Gasteiger charge is 2.27. The summed E-state index contributed by atoms with van der Waals surface area (Å²) in [5.41, 5.74) is 8.06. The lowest BCUT2D eigenvalue weighted by Gasteiger charge is -2.18. The average molecular weight is 382 g/mol. The third-order valence-electron chi connectivity index (χ3n) is 3.94. The van der Waals surface area contributed by atoms with E-state index in [1.54, 1.807) is 0 Å². The van der Waals surface area contributed by atoms with Crippen LogP contribution in [-0.4, -0.2) is 22.6 Å². The zero-order valence-corrected chi connectivity index (χ0v) is 16.0. The minimum absolute atomic E-state index is 0.137. The first-order chi connectivity index (χ1) is 11.4. The van der Waals surface area contributed by atoms with E-state index in [9.17, 15) is 9.59 Å². The molecule has 128 valence electrons. The van der Waals surface area contributed by atoms with Crippen molar-refractivity contribution < 1.29 is 9.59 Å². The number of aromatic nitrogens is 1. The maximum Gasteiger partial charge on any atom is 0.251 e. The molecule has 2 amide bonds. The first-order valence-electron chi connectivity index (χ1n) is 7.73. The number of fused-ring (bicyclic) bond motifs is 1. The first-order valence-corrected chi connectivity index (χ1v) is 10.4. The van der Waals surface area contributed by atoms with E-state index in [-0.39, 0.29) is 11.7 Å². The molecule has 1 aliphatic carbocycles. The Bertz CT molecular complexity index is 782. The summed E-state index contributed by atoms with van der Waals surface area (Å²) < 4.78 is 0.872. The van der Waals surface area contributed by atoms with Gasteiger partial charge >= 0.3 is 0 Å². The summed E-state index contributed by atoms with van der Waals surface area (Å²) in [5, 5.41) is 5.43. The zero-order valence-electron chi connectivity index (χ0n) is 13.5. The van der Waals surface area contributed by atoms with Gasteiger partial charge in [-0.25, -0.2) is 4.98 Å². The molecule has 0 bridgehead atoms. The van der Waals surface area contributed by atoms with E-state index < -0.39 is 5.91 Å². The molecule has 0 fully saturated rings. The molecule has 1 aliphatic rings. The van der Waals surface area contributed by atoms with Crippen molar-refractivity contribution in [2.75, 3.05) is 11.1 Å². The Balaban J connectivity index is 1.72. The molecular weight excluding hydrogens is 362 g/mol. The maximum atomic E-state index is 12.2. The maximum absolute atomic E-state index is 12.2. The van der Waals surface area contributed by atoms with Crippen molar-refractivity contribution in [3.8, 4) is 0 Å². The highest BCUT2D eigenvalue weighted by molar-refractivity contribution is 8.01. The Morgan fingerprint density at radius 2 is 2.29 bits per heavy atom. The normalized spacial score (nSPS) is 16.7. The van der Waals surface area contributed by atoms with Gasteiger partial charge in [0.1, 0.15) is 5.00 Å². The van der Waals surface area contributed by atoms with E-state index in [0.29, 0.717) is 16.5 Å². The second-order valence-electron chi connectivity index (χ2n) is 6.01. The molecule has 3 N–H and O–H groups in total. The number of rotatable bonds is 5. The van der Waals surface area contributed by atoms with Crippen LogP contribution in [0.25, 0.3) is 0 Å². The second-order valence-corrected chi connectivity index (χ2v) is 9.20. The van der Waals surface area contributed by atoms with E-state index in [1.807, 2.05) is 12.3 Å². The lowest BCUT2D eigenvalue weighted by molar-refractivity contribution is -0.113. The Kier molecular flexibility index (Phi) is 5.27. The molecular formula is C16H19N3O2S3. The first kappa shape index (κ1) is 17.4. The van der Waals surface area contributed by atoms with Crippen LogP contribution in [0.15, 0.2) is 9.72 Å². The number of carbonyl (C=O) groups excluding carboxylic acids is 2. The van der Waals surface area contributed by atoms with Gasteiger partial charge < -0.3 is 11.1 Å². The lowest BCUT2D eigenvalue weighted by Crippen LogP contribution is -2.20. The quantitative estimate of drug-likeness (QED) is 0.777. The van der Waals surface area contributed by atoms with Crippen molar-refractivity contribution >= 4 is 51.3 Å². The summed E-state index contributed by atoms with van der Waals surface area (Å²) in [4.78, 5) is 29.6. The third kappa shape index (κ3) is 3.81. The number of nitrogens with two attached hydrogens (primary N) is 1. The number of nitrogens with zero attached hydrogens (tertiary/aromatic N) is 1. The number of primary amides is 1. The Hall–Kier alpha value is -1.38. The fraction of sp³-hybridized carbons (Fsp3) is 0.438. The molecule has 1 atom stereocenters. The number of anilines is 1. The largest absolute Gasteiger partial charge is 0.365 e. The number of amides is 2. The van der Waals surface area contributed by atoms with Crippen molar-refractivity contribution in [2.24, 2.45) is 11.7 Å². The SMILES string of the molecule is Cc1csc(SCC(=O)Nc2sc3c(c2C(N)=O)CC[C@H](C)C3)n1. The Labute approximate surface area is 153 Å². The molecule has 2 aromatic rings. The van der Waals surface area contributed by atoms with Crippen molar-refractivity contribution in [3.05, 3.63) is 27.1 Å². The smallest absolute Gasteiger partial charge is 0.251 e. The van der Waals surface area contributed by atoms with Crippen molar-refractivity contribution in [3.63, 3.8) is 0 Å². The van der Waals surface area contributed by atoms with E-state index >= 15 is 0 Å². The van der Waals surface area contributed by atoms with Gasteiger partial charge in [-0.1, -0.05) is 18.7 Å². The number of hydrogen-bond donors (Lipinski definition) is 2. The summed E-state index contributed by atoms with van der Waals surface area (Å²) >= 11 is 4.42. The molecule has 2 aromatic heterocycles. The highest BCUT2D eigenvalue weighted by Crippen LogP contribution is 2.39. The molecule has 24 heavy (non-hydrogen) atoms. The van der Waals surface area contributed by atoms with Gasteiger partial charge in [-0.3, -0.25) is 9.59 Å². The summed E-state index contributed by atoms with van der Waals surface area (Å²) in [6, 6.07) is 0. The molecule has 0 saturated heterocycles. The zero-order chi connectivity index (χ0) is 17.3. The highest BCUT2D eigenvalue weighted by atomic mass is 32.2. The van der Waals surface area contributed by atoms with Gasteiger partial charge in [0.15, 0.2) is 4.34 Å². The second kappa shape index (κ2) is 7.25. The van der Waals surface area contributed by atoms with Crippen LogP contribution in [0.2, 0.25) is 0 Å². The van der Waals surface area contributed by atoms with Crippen LogP contribution in [0.5, 0.6) is 0 Å². The van der Waals surface area contributed by atoms with E-state index in [4.69, 9.17) is 5.73 Å². The van der Waals surface area contributed by atoms with E-state index in [0.717, 1.165) is 34.9 Å². The lowest BCUT2D eigenvalue weighted by atomic mass is 9.88. The molecule has 0 aromatic carbocycles. The molecule has 0 spiro atoms. The van der Waals surface area contributed by atoms with Crippen LogP contribution < -0.4 is 11.1 Å². The van der Waals surface area contributed by atoms with Gasteiger partial charge in [-0.05, 0) is 37.7 Å². The third-order valence-corrected chi connectivity index (χ3v) is 7.24. The number of carbonyl (C=O) groups is 2. The van der Waals surface area contributed by atoms with E-state index in [1.165, 1.54) is 39.3 Å². The molecule has 2 heterocycles. The number of thiazole rings is 1. The molecule has 0 saturated carbocycles. The summed E-state index contributed by atoms with van der Waals surface area (Å²) in [5.74, 6) is 0.274. The van der Waals surface area contributed by atoms with Gasteiger partial charge in [-0.2, -0.15) is 0 Å². The number of aryl methyl sites for hydroxylation is 1. The minimum Gasteiger partial charge on any atom is -0.365 e. The summed E-state index contributed by atoms with van der Waals surface area (Å²) in [6.45, 7) is 4.13. The molecule has 8 heteroatoms. The van der Waals surface area contributed by atoms with Gasteiger partial charge in [0.2, 0.25) is 5.91 Å². The summed E-state index contributed by atoms with van der Waals surface area (Å²) in [7, 11) is 0. The molecule has 0 unspecified atom stereocenters. The molecule has 0 aliphatic heterocycles. The predicted octanol–water partition coefficient (Wildman–Crippen LogP) is 3.47. The van der Waals surface area contributed by atoms with Gasteiger partial charge in [0.25, 0.3) is 5.91 Å². The van der Waals surface area contributed by atoms with Crippen molar-refractivity contribution in [1.82, 2.24) is 4.98 Å². The predicted molar refractivity (Wildman–Crippen MR) is 100 cm³/mol. The van der Waals surface area contributed by atoms with Crippen LogP contribution in [-0.2, 0) is 17.6 Å². The number of thiophene rings is 1. The number of nitrogens with one attached hydrogen (secondary N) is 1. The van der Waals surface area contributed by atoms with Crippen molar-refractivity contribution in [1.29, 1.82) is 0 Å². The fourth-order valence-corrected chi connectivity index (χ4v) is 5.87. The van der Waals surface area contributed by atoms with Crippen LogP contribution in [0, 0.1) is 12.8 Å². The number of thioether (sulfide) groups is 1. The van der Waals surface area contributed by atoms with Gasteiger partial charge in [0, 0.05) is 16.0 Å². The Morgan fingerprint density at radius 3 is 2.96 bits per heavy atom. The van der Waals surface area contributed by atoms with Gasteiger partial charge in [-0.15, -0.1) is 22.7 Å². The average Bonchev–Trinajstić information content (AvgIpc) is 3.07. The van der Waals surface area contributed by atoms with Crippen LogP contribution in [0.4, 0.5) is 5.00 Å². The standard InChI is InChI=1S/C16H19N3O2S3/c1-8-3-4-10-11(5-8)24-15(13(10)14(17)21)19-12(20)7-23-16-18-9(2)6-22-16/h6,8H,3-5,7H2,1-2H3,(H2,17,21)(H,19,20)/t8-/m0/s1. The molecule has 3 rings (SSSR count). The van der Waals surface area contributed by atoms with Crippen molar-refractivity contribution in [2.45, 2.75) is 37.4 Å². The molecule has 0 radical (unpaired) electrons. The monoisotopic (exact) mass is 381 g/mol. The minimum atomic E-state index is -0.458. The Morgan fingerprint density at radius 1 is 1.50 bits per heavy atom. The fourth-order valence-electron chi connectivity index (χ4n) is 2.79. The van der Waals surface area contributed by atoms with Crippen LogP contribution >= 0.6 is 34.4 Å². The van der Waals surface area contributed by atoms with Crippen LogP contribution in [0.1, 0.15) is 39.8 Å². The van der Waals surface area contributed by atoms with Crippen LogP contribution in [0.3, 0.4) is 0 Å². The number of hydrogen-bond acceptors (Lipinski definition) is 6. The molecule has 5 nitrogen and oxygen atoms in total. The van der Waals surface area contributed by atoms with E-state index in [2.05, 4.69) is 17.2 Å². The van der Waals surface area contributed by atoms with Gasteiger partial charge in [0.05, 0.1) is 11.3 Å². The summed E-state index contributed by atoms with van der Waals surface area (Å²) in [6.07, 6.45) is 2.86. The topological polar surface area (TPSA) is 85.1 Å².